The molecule has 0 aromatic rings. The summed E-state index contributed by atoms with van der Waals surface area (Å²) in [5.41, 5.74) is 0.172. The molecule has 0 heterocycles. The summed E-state index contributed by atoms with van der Waals surface area (Å²) in [7, 11) is 0.325. The molecule has 0 spiro atoms. The van der Waals surface area contributed by atoms with Gasteiger partial charge in [-0.15, -0.1) is 0 Å². The average molecular weight is 233 g/mol. The van der Waals surface area contributed by atoms with Gasteiger partial charge >= 0.3 is 9.36 Å². The lowest BCUT2D eigenvalue weighted by Gasteiger charge is -2.32. The molecule has 0 saturated heterocycles. The predicted molar refractivity (Wildman–Crippen MR) is 67.9 cm³/mol. The van der Waals surface area contributed by atoms with E-state index in [1.807, 2.05) is 7.05 Å². The average Bonchev–Trinajstić information content (AvgIpc) is 1.94. The second-order valence-corrected chi connectivity index (χ2v) is 7.50. The first kappa shape index (κ1) is 15.1. The Labute approximate surface area is 96.0 Å². The molecule has 0 aromatic carbocycles. The van der Waals surface area contributed by atoms with Crippen molar-refractivity contribution in [2.75, 3.05) is 13.8 Å². The highest BCUT2D eigenvalue weighted by molar-refractivity contribution is 6.46. The molecular weight excluding hydrogens is 206 g/mol. The van der Waals surface area contributed by atoms with E-state index >= 15 is 0 Å². The van der Waals surface area contributed by atoms with E-state index in [4.69, 9.17) is 4.43 Å². The molecule has 4 nitrogen and oxygen atoms in total. The Bertz CT molecular complexity index is 158. The van der Waals surface area contributed by atoms with Gasteiger partial charge in [0, 0.05) is 11.1 Å². The first-order valence-corrected chi connectivity index (χ1v) is 7.08. The van der Waals surface area contributed by atoms with Crippen molar-refractivity contribution in [2.45, 2.75) is 52.6 Å². The second kappa shape index (κ2) is 5.96. The summed E-state index contributed by atoms with van der Waals surface area (Å²) in [5.74, 6) is 0. The Morgan fingerprint density at radius 1 is 0.933 bits per heavy atom. The highest BCUT2D eigenvalue weighted by atomic mass is 28.3. The van der Waals surface area contributed by atoms with Crippen molar-refractivity contribution in [3.8, 4) is 0 Å². The SMILES string of the molecule is CNCO[SiH](NC(C)(C)C)NC(C)(C)C. The van der Waals surface area contributed by atoms with E-state index in [9.17, 15) is 0 Å². The lowest BCUT2D eigenvalue weighted by atomic mass is 10.1. The summed E-state index contributed by atoms with van der Waals surface area (Å²) in [6, 6.07) is 0. The van der Waals surface area contributed by atoms with Gasteiger partial charge < -0.3 is 14.4 Å². The zero-order valence-electron chi connectivity index (χ0n) is 11.2. The highest BCUT2D eigenvalue weighted by Gasteiger charge is 2.24. The molecule has 0 radical (unpaired) electrons. The Balaban J connectivity index is 4.19. The largest absolute Gasteiger partial charge is 0.381 e. The first-order valence-electron chi connectivity index (χ1n) is 5.46. The van der Waals surface area contributed by atoms with E-state index in [1.54, 1.807) is 0 Å². The molecule has 0 aromatic heterocycles. The van der Waals surface area contributed by atoms with Crippen LogP contribution in [0, 0.1) is 0 Å². The summed E-state index contributed by atoms with van der Waals surface area (Å²) in [4.78, 5) is 7.03. The smallest absolute Gasteiger partial charge is 0.336 e. The third-order valence-corrected chi connectivity index (χ3v) is 4.28. The van der Waals surface area contributed by atoms with Crippen LogP contribution in [0.4, 0.5) is 0 Å². The normalized spacial score (nSPS) is 13.6. The summed E-state index contributed by atoms with van der Waals surface area (Å²) in [5, 5.41) is 3.00. The summed E-state index contributed by atoms with van der Waals surface area (Å²) < 4.78 is 5.75. The Kier molecular flexibility index (Phi) is 5.98. The van der Waals surface area contributed by atoms with Gasteiger partial charge in [0.25, 0.3) is 0 Å². The van der Waals surface area contributed by atoms with Crippen molar-refractivity contribution >= 4 is 9.36 Å². The maximum Gasteiger partial charge on any atom is 0.336 e. The lowest BCUT2D eigenvalue weighted by molar-refractivity contribution is 0.260. The van der Waals surface area contributed by atoms with Gasteiger partial charge in [-0.25, -0.2) is 0 Å². The van der Waals surface area contributed by atoms with E-state index < -0.39 is 9.36 Å². The van der Waals surface area contributed by atoms with Gasteiger partial charge in [0.05, 0.1) is 6.73 Å². The van der Waals surface area contributed by atoms with Crippen LogP contribution < -0.4 is 15.3 Å². The molecule has 0 aliphatic carbocycles. The van der Waals surface area contributed by atoms with E-state index in [0.717, 1.165) is 0 Å². The third kappa shape index (κ3) is 10.3. The van der Waals surface area contributed by atoms with E-state index in [-0.39, 0.29) is 11.1 Å². The van der Waals surface area contributed by atoms with Crippen LogP contribution in [0.5, 0.6) is 0 Å². The van der Waals surface area contributed by atoms with Gasteiger partial charge in [0.1, 0.15) is 0 Å². The van der Waals surface area contributed by atoms with Crippen molar-refractivity contribution < 1.29 is 4.43 Å². The molecule has 0 amide bonds. The molecule has 15 heavy (non-hydrogen) atoms. The minimum atomic E-state index is -1.56. The zero-order chi connectivity index (χ0) is 12.1. The predicted octanol–water partition coefficient (Wildman–Crippen LogP) is 0.673. The van der Waals surface area contributed by atoms with Crippen LogP contribution in [0.3, 0.4) is 0 Å². The second-order valence-electron chi connectivity index (χ2n) is 5.83. The topological polar surface area (TPSA) is 45.3 Å². The van der Waals surface area contributed by atoms with Gasteiger partial charge in [-0.2, -0.15) is 0 Å². The summed E-state index contributed by atoms with van der Waals surface area (Å²) >= 11 is 0. The van der Waals surface area contributed by atoms with Crippen LogP contribution in [-0.4, -0.2) is 34.2 Å². The quantitative estimate of drug-likeness (QED) is 0.482. The monoisotopic (exact) mass is 233 g/mol. The minimum Gasteiger partial charge on any atom is -0.381 e. The van der Waals surface area contributed by atoms with E-state index in [1.165, 1.54) is 0 Å². The molecule has 0 rings (SSSR count). The number of hydrogen-bond donors (Lipinski definition) is 3. The standard InChI is InChI=1S/C10H27N3OSi/c1-9(2,3)12-15(14-8-11-7)13-10(4,5)6/h11-13,15H,8H2,1-7H3. The van der Waals surface area contributed by atoms with E-state index in [2.05, 4.69) is 56.8 Å². The fourth-order valence-electron chi connectivity index (χ4n) is 1.07. The van der Waals surface area contributed by atoms with Crippen LogP contribution in [-0.2, 0) is 4.43 Å². The van der Waals surface area contributed by atoms with Crippen LogP contribution in [0.25, 0.3) is 0 Å². The van der Waals surface area contributed by atoms with Crippen molar-refractivity contribution in [3.63, 3.8) is 0 Å². The maximum atomic E-state index is 5.75. The van der Waals surface area contributed by atoms with Gasteiger partial charge in [-0.1, -0.05) is 0 Å². The minimum absolute atomic E-state index is 0.0862. The summed E-state index contributed by atoms with van der Waals surface area (Å²) in [6.07, 6.45) is 0. The van der Waals surface area contributed by atoms with Crippen molar-refractivity contribution in [3.05, 3.63) is 0 Å². The Morgan fingerprint density at radius 2 is 1.33 bits per heavy atom. The Hall–Kier alpha value is 0.0569. The fourth-order valence-corrected chi connectivity index (χ4v) is 3.22. The molecule has 3 N–H and O–H groups in total. The molecule has 5 heteroatoms. The number of hydrogen-bond acceptors (Lipinski definition) is 4. The van der Waals surface area contributed by atoms with Crippen LogP contribution in [0.2, 0.25) is 0 Å². The molecule has 0 saturated carbocycles. The van der Waals surface area contributed by atoms with Crippen molar-refractivity contribution in [1.82, 2.24) is 15.3 Å². The lowest BCUT2D eigenvalue weighted by Crippen LogP contribution is -2.62. The Morgan fingerprint density at radius 3 is 1.60 bits per heavy atom. The molecule has 0 unspecified atom stereocenters. The zero-order valence-corrected chi connectivity index (χ0v) is 12.3. The molecule has 0 atom stereocenters. The maximum absolute atomic E-state index is 5.75. The number of rotatable bonds is 5. The van der Waals surface area contributed by atoms with Crippen molar-refractivity contribution in [2.24, 2.45) is 0 Å². The van der Waals surface area contributed by atoms with E-state index in [0.29, 0.717) is 6.73 Å². The third-order valence-electron chi connectivity index (χ3n) is 1.52. The first-order chi connectivity index (χ1) is 6.64. The van der Waals surface area contributed by atoms with Gasteiger partial charge in [0.2, 0.25) is 0 Å². The van der Waals surface area contributed by atoms with Crippen LogP contribution in [0.15, 0.2) is 0 Å². The molecule has 0 aliphatic heterocycles. The fraction of sp³-hybridized carbons (Fsp3) is 1.00. The molecule has 0 aliphatic rings. The number of nitrogens with one attached hydrogen (secondary N) is 3. The van der Waals surface area contributed by atoms with Gasteiger partial charge in [-0.05, 0) is 48.6 Å². The van der Waals surface area contributed by atoms with Crippen LogP contribution in [0.1, 0.15) is 41.5 Å². The molecular formula is C10H27N3OSi. The summed E-state index contributed by atoms with van der Waals surface area (Å²) in [6.45, 7) is 13.5. The molecule has 0 bridgehead atoms. The van der Waals surface area contributed by atoms with Crippen molar-refractivity contribution in [1.29, 1.82) is 0 Å². The van der Waals surface area contributed by atoms with Gasteiger partial charge in [-0.3, -0.25) is 5.32 Å². The molecule has 0 fully saturated rings. The highest BCUT2D eigenvalue weighted by Crippen LogP contribution is 2.03. The van der Waals surface area contributed by atoms with Gasteiger partial charge in [0.15, 0.2) is 0 Å². The molecule has 92 valence electrons. The van der Waals surface area contributed by atoms with Crippen LogP contribution >= 0.6 is 0 Å².